The van der Waals surface area contributed by atoms with Crippen LogP contribution in [0.5, 0.6) is 0 Å². The van der Waals surface area contributed by atoms with Gasteiger partial charge in [0.1, 0.15) is 5.69 Å². The maximum atomic E-state index is 13.2. The fourth-order valence-corrected chi connectivity index (χ4v) is 4.66. The molecule has 33 heavy (non-hydrogen) atoms. The van der Waals surface area contributed by atoms with Gasteiger partial charge in [-0.15, -0.1) is 0 Å². The zero-order valence-electron chi connectivity index (χ0n) is 17.9. The second-order valence-corrected chi connectivity index (χ2v) is 9.10. The van der Waals surface area contributed by atoms with Crippen molar-refractivity contribution in [2.75, 3.05) is 0 Å². The Kier molecular flexibility index (Phi) is 6.17. The van der Waals surface area contributed by atoms with Crippen LogP contribution in [0.3, 0.4) is 0 Å². The highest BCUT2D eigenvalue weighted by Crippen LogP contribution is 2.33. The first-order valence-corrected chi connectivity index (χ1v) is 11.8. The van der Waals surface area contributed by atoms with Crippen LogP contribution < -0.4 is 5.32 Å². The number of nitrogens with zero attached hydrogens (tertiary/aromatic N) is 1. The number of nitrogens with one attached hydrogen (secondary N) is 1. The van der Waals surface area contributed by atoms with Gasteiger partial charge in [0.25, 0.3) is 5.91 Å². The van der Waals surface area contributed by atoms with Crippen LogP contribution in [0.2, 0.25) is 10.0 Å². The molecule has 1 aliphatic rings. The topological polar surface area (TPSA) is 42.0 Å². The van der Waals surface area contributed by atoms with Gasteiger partial charge >= 0.3 is 0 Å². The minimum Gasteiger partial charge on any atom is -0.344 e. The molecule has 1 atom stereocenters. The summed E-state index contributed by atoms with van der Waals surface area (Å²) in [5.41, 5.74) is 6.42. The van der Waals surface area contributed by atoms with E-state index in [-0.39, 0.29) is 11.9 Å². The maximum absolute atomic E-state index is 13.2. The smallest absolute Gasteiger partial charge is 0.270 e. The number of aromatic nitrogens is 1. The average Bonchev–Trinajstić information content (AvgIpc) is 2.85. The van der Waals surface area contributed by atoms with Crippen molar-refractivity contribution in [2.24, 2.45) is 0 Å². The van der Waals surface area contributed by atoms with Crippen molar-refractivity contribution in [3.8, 4) is 22.4 Å². The van der Waals surface area contributed by atoms with Crippen molar-refractivity contribution in [1.29, 1.82) is 0 Å². The first-order chi connectivity index (χ1) is 16.1. The van der Waals surface area contributed by atoms with Gasteiger partial charge < -0.3 is 5.32 Å². The molecule has 0 radical (unpaired) electrons. The molecule has 4 aromatic rings. The summed E-state index contributed by atoms with van der Waals surface area (Å²) in [5.74, 6) is -0.172. The van der Waals surface area contributed by atoms with Crippen molar-refractivity contribution in [1.82, 2.24) is 10.3 Å². The van der Waals surface area contributed by atoms with Crippen LogP contribution >= 0.6 is 23.2 Å². The highest BCUT2D eigenvalue weighted by molar-refractivity contribution is 6.31. The quantitative estimate of drug-likeness (QED) is 0.333. The van der Waals surface area contributed by atoms with Gasteiger partial charge in [0.15, 0.2) is 0 Å². The fraction of sp³-hybridized carbons (Fsp3) is 0.143. The van der Waals surface area contributed by atoms with E-state index in [1.165, 1.54) is 11.1 Å². The molecule has 1 aromatic heterocycles. The van der Waals surface area contributed by atoms with E-state index < -0.39 is 0 Å². The van der Waals surface area contributed by atoms with E-state index >= 15 is 0 Å². The number of fused-ring (bicyclic) bond motifs is 1. The molecular formula is C28H22Cl2N2O. The second-order valence-electron chi connectivity index (χ2n) is 8.22. The van der Waals surface area contributed by atoms with E-state index in [1.54, 1.807) is 6.07 Å². The monoisotopic (exact) mass is 472 g/mol. The largest absolute Gasteiger partial charge is 0.344 e. The van der Waals surface area contributed by atoms with Crippen LogP contribution in [0, 0.1) is 0 Å². The van der Waals surface area contributed by atoms with Crippen LogP contribution in [0.1, 0.15) is 40.5 Å². The molecule has 5 rings (SSSR count). The standard InChI is InChI=1S/C28H22Cl2N2O/c29-21-12-8-19(9-13-21)24-16-17-26(31-27(24)20-10-14-22(30)15-11-20)28(33)32-25-7-3-5-18-4-1-2-6-23(18)25/h1-2,4,6,8-17,25H,3,5,7H2,(H,32,33). The summed E-state index contributed by atoms with van der Waals surface area (Å²) in [6.07, 6.45) is 3.04. The van der Waals surface area contributed by atoms with Crippen LogP contribution in [-0.2, 0) is 6.42 Å². The molecule has 5 heteroatoms. The van der Waals surface area contributed by atoms with Gasteiger partial charge in [-0.3, -0.25) is 4.79 Å². The van der Waals surface area contributed by atoms with Crippen molar-refractivity contribution < 1.29 is 4.79 Å². The third-order valence-electron chi connectivity index (χ3n) is 6.08. The molecule has 0 saturated heterocycles. The first-order valence-electron chi connectivity index (χ1n) is 11.0. The first kappa shape index (κ1) is 21.7. The molecular weight excluding hydrogens is 451 g/mol. The lowest BCUT2D eigenvalue weighted by Gasteiger charge is -2.26. The molecule has 1 amide bonds. The third-order valence-corrected chi connectivity index (χ3v) is 6.58. The van der Waals surface area contributed by atoms with Crippen LogP contribution in [0.25, 0.3) is 22.4 Å². The predicted molar refractivity (Wildman–Crippen MR) is 135 cm³/mol. The molecule has 1 N–H and O–H groups in total. The Morgan fingerprint density at radius 2 is 1.48 bits per heavy atom. The third kappa shape index (κ3) is 4.66. The average molecular weight is 473 g/mol. The van der Waals surface area contributed by atoms with Gasteiger partial charge in [0.2, 0.25) is 0 Å². The summed E-state index contributed by atoms with van der Waals surface area (Å²) >= 11 is 12.2. The van der Waals surface area contributed by atoms with Crippen molar-refractivity contribution in [3.05, 3.63) is 112 Å². The zero-order valence-corrected chi connectivity index (χ0v) is 19.4. The number of hydrogen-bond donors (Lipinski definition) is 1. The number of rotatable bonds is 4. The highest BCUT2D eigenvalue weighted by Gasteiger charge is 2.23. The Morgan fingerprint density at radius 3 is 2.21 bits per heavy atom. The van der Waals surface area contributed by atoms with E-state index in [9.17, 15) is 4.79 Å². The molecule has 0 saturated carbocycles. The predicted octanol–water partition coefficient (Wildman–Crippen LogP) is 7.53. The minimum atomic E-state index is -0.172. The van der Waals surface area contributed by atoms with Crippen molar-refractivity contribution in [3.63, 3.8) is 0 Å². The lowest BCUT2D eigenvalue weighted by atomic mass is 9.87. The van der Waals surface area contributed by atoms with Crippen molar-refractivity contribution in [2.45, 2.75) is 25.3 Å². The highest BCUT2D eigenvalue weighted by atomic mass is 35.5. The fourth-order valence-electron chi connectivity index (χ4n) is 4.41. The Balaban J connectivity index is 1.51. The number of carbonyl (C=O) groups is 1. The number of aryl methyl sites for hydroxylation is 1. The molecule has 0 bridgehead atoms. The molecule has 0 aliphatic heterocycles. The summed E-state index contributed by atoms with van der Waals surface area (Å²) in [7, 11) is 0. The number of benzene rings is 3. The molecule has 1 unspecified atom stereocenters. The minimum absolute atomic E-state index is 0.000765. The van der Waals surface area contributed by atoms with Gasteiger partial charge in [-0.1, -0.05) is 71.7 Å². The number of pyridine rings is 1. The second kappa shape index (κ2) is 9.38. The van der Waals surface area contributed by atoms with Gasteiger partial charge in [-0.05, 0) is 72.4 Å². The number of amides is 1. The zero-order chi connectivity index (χ0) is 22.8. The van der Waals surface area contributed by atoms with E-state index in [1.807, 2.05) is 60.7 Å². The maximum Gasteiger partial charge on any atom is 0.270 e. The van der Waals surface area contributed by atoms with Gasteiger partial charge in [0, 0.05) is 21.2 Å². The van der Waals surface area contributed by atoms with Crippen LogP contribution in [0.4, 0.5) is 0 Å². The molecule has 0 fully saturated rings. The van der Waals surface area contributed by atoms with Gasteiger partial charge in [0.05, 0.1) is 11.7 Å². The van der Waals surface area contributed by atoms with Crippen molar-refractivity contribution >= 4 is 29.1 Å². The van der Waals surface area contributed by atoms with E-state index in [0.29, 0.717) is 15.7 Å². The Hall–Kier alpha value is -3.14. The number of hydrogen-bond acceptors (Lipinski definition) is 2. The summed E-state index contributed by atoms with van der Waals surface area (Å²) in [6, 6.07) is 27.2. The lowest BCUT2D eigenvalue weighted by molar-refractivity contribution is 0.0928. The molecule has 164 valence electrons. The molecule has 1 aliphatic carbocycles. The molecule has 1 heterocycles. The number of halogens is 2. The summed E-state index contributed by atoms with van der Waals surface area (Å²) < 4.78 is 0. The summed E-state index contributed by atoms with van der Waals surface area (Å²) in [5, 5.41) is 4.53. The summed E-state index contributed by atoms with van der Waals surface area (Å²) in [4.78, 5) is 18.0. The van der Waals surface area contributed by atoms with Crippen LogP contribution in [-0.4, -0.2) is 10.9 Å². The molecule has 3 nitrogen and oxygen atoms in total. The number of carbonyl (C=O) groups excluding carboxylic acids is 1. The van der Waals surface area contributed by atoms with E-state index in [0.717, 1.165) is 41.6 Å². The van der Waals surface area contributed by atoms with Gasteiger partial charge in [-0.2, -0.15) is 0 Å². The van der Waals surface area contributed by atoms with Gasteiger partial charge in [-0.25, -0.2) is 4.98 Å². The van der Waals surface area contributed by atoms with Crippen LogP contribution in [0.15, 0.2) is 84.9 Å². The lowest BCUT2D eigenvalue weighted by Crippen LogP contribution is -2.31. The Labute approximate surface area is 203 Å². The SMILES string of the molecule is O=C(NC1CCCc2ccccc21)c1ccc(-c2ccc(Cl)cc2)c(-c2ccc(Cl)cc2)n1. The molecule has 3 aromatic carbocycles. The van der Waals surface area contributed by atoms with E-state index in [4.69, 9.17) is 28.2 Å². The Morgan fingerprint density at radius 1 is 0.818 bits per heavy atom. The molecule has 0 spiro atoms. The van der Waals surface area contributed by atoms with E-state index in [2.05, 4.69) is 23.5 Å². The normalized spacial score (nSPS) is 15.0. The Bertz CT molecular complexity index is 1300. The summed E-state index contributed by atoms with van der Waals surface area (Å²) in [6.45, 7) is 0.